The molecule has 0 N–H and O–H groups in total. The maximum absolute atomic E-state index is 7.88. The summed E-state index contributed by atoms with van der Waals surface area (Å²) in [5.74, 6) is 0. The van der Waals surface area contributed by atoms with Gasteiger partial charge < -0.3 is 52.4 Å². The fraction of sp³-hybridized carbons (Fsp3) is 0. The third-order valence-corrected chi connectivity index (χ3v) is 0. The summed E-state index contributed by atoms with van der Waals surface area (Å²) in [6.07, 6.45) is 0. The molecule has 0 rings (SSSR count). The Bertz CT molecular complexity index is 33.7. The molecule has 9 nitrogen and oxygen atoms in total. The van der Waals surface area contributed by atoms with Gasteiger partial charge in [-0.05, 0) is 0 Å². The zero-order valence-electron chi connectivity index (χ0n) is 10.2. The second-order valence-corrected chi connectivity index (χ2v) is 0.204. The van der Waals surface area contributed by atoms with Crippen LogP contribution in [0.15, 0.2) is 0 Å². The van der Waals surface area contributed by atoms with E-state index in [4.69, 9.17) is 31.5 Å². The van der Waals surface area contributed by atoms with Crippen LogP contribution in [-0.4, -0.2) is 80.8 Å². The van der Waals surface area contributed by atoms with Gasteiger partial charge in [-0.3, -0.25) is 0 Å². The van der Waals surface area contributed by atoms with E-state index in [1.807, 2.05) is 0 Å². The molecule has 0 aliphatic carbocycles. The largest absolute Gasteiger partial charge is 3.00 e. The molecule has 13 heteroatoms. The van der Waals surface area contributed by atoms with E-state index in [2.05, 4.69) is 0 Å². The van der Waals surface area contributed by atoms with Gasteiger partial charge in [-0.2, -0.15) is 0 Å². The first kappa shape index (κ1) is 45.5. The van der Waals surface area contributed by atoms with Crippen molar-refractivity contribution < 1.29 is 52.4 Å². The molecule has 0 aliphatic heterocycles. The van der Waals surface area contributed by atoms with Gasteiger partial charge in [0.15, 0.2) is 0 Å². The molecule has 0 unspecified atom stereocenters. The van der Waals surface area contributed by atoms with Crippen molar-refractivity contribution in [2.24, 2.45) is 0 Å². The first-order chi connectivity index (χ1) is 4.24. The van der Waals surface area contributed by atoms with Gasteiger partial charge in [-0.15, -0.1) is 0 Å². The van der Waals surface area contributed by atoms with Crippen molar-refractivity contribution in [1.29, 1.82) is 0 Å². The number of hydrogen-bond donors (Lipinski definition) is 0. The quantitative estimate of drug-likeness (QED) is 0.230. The molecule has 0 bridgehead atoms. The second kappa shape index (κ2) is 91.0. The van der Waals surface area contributed by atoms with E-state index >= 15 is 0 Å². The van der Waals surface area contributed by atoms with E-state index in [9.17, 15) is 0 Å². The van der Waals surface area contributed by atoms with E-state index in [0.717, 1.165) is 0 Å². The van der Waals surface area contributed by atoms with Crippen molar-refractivity contribution in [3.8, 4) is 0 Å². The van der Waals surface area contributed by atoms with Gasteiger partial charge in [0.25, 0.3) is 0 Å². The maximum atomic E-state index is 7.88. The van der Waals surface area contributed by atoms with Gasteiger partial charge in [-0.1, -0.05) is 0 Å². The minimum absolute atomic E-state index is 0. The average molecular weight is 251 g/mol. The number of rotatable bonds is 0. The normalized spacial score (nSPS) is 4.15. The van der Waals surface area contributed by atoms with Crippen LogP contribution in [0.2, 0.25) is 0 Å². The van der Waals surface area contributed by atoms with Crippen LogP contribution in [0.3, 0.4) is 0 Å². The Labute approximate surface area is 132 Å². The molecule has 0 saturated heterocycles. The van der Waals surface area contributed by atoms with Crippen molar-refractivity contribution in [3.63, 3.8) is 0 Å². The topological polar surface area (TPSA) is 166 Å². The minimum Gasteiger partial charge on any atom is -1.00 e. The summed E-state index contributed by atoms with van der Waals surface area (Å²) in [6, 6.07) is 0. The third-order valence-electron chi connectivity index (χ3n) is 0. The molecule has 0 aromatic carbocycles. The second-order valence-electron chi connectivity index (χ2n) is 0.204. The molecular weight excluding hydrogens is 247 g/mol. The molecule has 0 atom stereocenters. The monoisotopic (exact) mass is 250 g/mol. The summed E-state index contributed by atoms with van der Waals surface area (Å²) in [4.78, 5) is 0. The zero-order chi connectivity index (χ0) is 8.12. The van der Waals surface area contributed by atoms with Crippen LogP contribution in [0.25, 0.3) is 0 Å². The molecule has 0 aromatic heterocycles. The van der Waals surface area contributed by atoms with Gasteiger partial charge in [0.2, 0.25) is 0 Å². The summed E-state index contributed by atoms with van der Waals surface area (Å²) in [5, 5.41) is 52.5. The fourth-order valence-corrected chi connectivity index (χ4v) is 0. The summed E-state index contributed by atoms with van der Waals surface area (Å²) in [7, 11) is 0. The Hall–Kier alpha value is 2.24. The Morgan fingerprint density at radius 2 is 0.538 bits per heavy atom. The van der Waals surface area contributed by atoms with E-state index < -0.39 is 0 Å². The van der Waals surface area contributed by atoms with Crippen molar-refractivity contribution in [2.75, 3.05) is 0 Å². The van der Waals surface area contributed by atoms with Gasteiger partial charge in [0.05, 0.1) is 0 Å². The fourth-order valence-electron chi connectivity index (χ4n) is 0. The molecular formula is H4Al2Mg2O9. The Morgan fingerprint density at radius 3 is 0.538 bits per heavy atom. The maximum Gasteiger partial charge on any atom is 3.00 e. The van der Waals surface area contributed by atoms with Crippen molar-refractivity contribution >= 4 is 80.8 Å². The van der Waals surface area contributed by atoms with E-state index in [0.29, 0.717) is 0 Å². The van der Waals surface area contributed by atoms with E-state index in [1.165, 1.54) is 0 Å². The molecule has 0 aliphatic rings. The predicted molar refractivity (Wildman–Crippen MR) is 30.7 cm³/mol. The van der Waals surface area contributed by atoms with Gasteiger partial charge in [0, 0.05) is 0 Å². The molecule has 0 radical (unpaired) electrons. The standard InChI is InChI=1S/2Al.2Mg.3H2O3.4H/c;;;;3*1-3-2;;;;/h;;;;3*1-2H;;;;/q2*+3;2*+2;;;;4*-1/p-6. The molecule has 0 spiro atoms. The van der Waals surface area contributed by atoms with Gasteiger partial charge in [-0.25, -0.2) is 0 Å². The third kappa shape index (κ3) is 426. The zero-order valence-corrected chi connectivity index (χ0v) is 11.4. The molecule has 68 valence electrons. The van der Waals surface area contributed by atoms with Crippen molar-refractivity contribution in [2.45, 2.75) is 0 Å². The molecule has 0 heterocycles. The van der Waals surface area contributed by atoms with Crippen molar-refractivity contribution in [1.82, 2.24) is 0 Å². The SMILES string of the molecule is [Al+3].[Al+3].[H-].[H-].[H-].[H-].[Mg+2].[Mg+2].[O-]O[O-].[O-]O[O-].[O-]O[O-]. The summed E-state index contributed by atoms with van der Waals surface area (Å²) in [5.41, 5.74) is 0. The Morgan fingerprint density at radius 1 is 0.538 bits per heavy atom. The minimum atomic E-state index is 0. The molecule has 0 saturated carbocycles. The summed E-state index contributed by atoms with van der Waals surface area (Å²) >= 11 is 0. The Balaban J connectivity index is -0.00000000286. The van der Waals surface area contributed by atoms with Crippen LogP contribution in [0.5, 0.6) is 0 Å². The molecule has 13 heavy (non-hydrogen) atoms. The van der Waals surface area contributed by atoms with Crippen LogP contribution < -0.4 is 31.5 Å². The predicted octanol–water partition coefficient (Wildman–Crippen LogP) is -8.41. The summed E-state index contributed by atoms with van der Waals surface area (Å²) < 4.78 is 0. The van der Waals surface area contributed by atoms with Crippen LogP contribution >= 0.6 is 0 Å². The number of hydrogen-bond acceptors (Lipinski definition) is 9. The van der Waals surface area contributed by atoms with Crippen LogP contribution in [-0.2, 0) is 15.1 Å². The Kier molecular flexibility index (Phi) is 318. The first-order valence-corrected chi connectivity index (χ1v) is 1.00. The summed E-state index contributed by atoms with van der Waals surface area (Å²) in [6.45, 7) is 0. The molecule has 0 aromatic rings. The van der Waals surface area contributed by atoms with Crippen LogP contribution in [0.4, 0.5) is 0 Å². The molecule has 0 fully saturated rings. The van der Waals surface area contributed by atoms with Crippen molar-refractivity contribution in [3.05, 3.63) is 0 Å². The van der Waals surface area contributed by atoms with Crippen LogP contribution in [0, 0.1) is 0 Å². The smallest absolute Gasteiger partial charge is 1.00 e. The van der Waals surface area contributed by atoms with Gasteiger partial charge in [0.1, 0.15) is 0 Å². The van der Waals surface area contributed by atoms with E-state index in [-0.39, 0.29) is 86.5 Å². The van der Waals surface area contributed by atoms with Gasteiger partial charge >= 0.3 is 80.8 Å². The first-order valence-electron chi connectivity index (χ1n) is 1.00. The van der Waals surface area contributed by atoms with E-state index in [1.54, 1.807) is 15.1 Å². The average Bonchev–Trinajstić information content (AvgIpc) is 1.70. The molecule has 0 amide bonds. The van der Waals surface area contributed by atoms with Crippen LogP contribution in [0.1, 0.15) is 5.71 Å².